The van der Waals surface area contributed by atoms with Gasteiger partial charge in [-0.05, 0) is 24.9 Å². The molecule has 9 heteroatoms. The average Bonchev–Trinajstić information content (AvgIpc) is 3.32. The van der Waals surface area contributed by atoms with Crippen molar-refractivity contribution in [3.8, 4) is 23.8 Å². The number of hydrogen-bond donors (Lipinski definition) is 2. The van der Waals surface area contributed by atoms with Gasteiger partial charge in [0.2, 0.25) is 6.79 Å². The predicted octanol–water partition coefficient (Wildman–Crippen LogP) is 2.91. The monoisotopic (exact) mass is 424 g/mol. The summed E-state index contributed by atoms with van der Waals surface area (Å²) in [5.41, 5.74) is 8.07. The molecule has 30 heavy (non-hydrogen) atoms. The molecule has 1 aromatic carbocycles. The lowest BCUT2D eigenvalue weighted by Crippen LogP contribution is -2.22. The van der Waals surface area contributed by atoms with Crippen LogP contribution in [0.5, 0.6) is 11.5 Å². The number of anilines is 1. The van der Waals surface area contributed by atoms with Gasteiger partial charge in [0.15, 0.2) is 33.6 Å². The Morgan fingerprint density at radius 1 is 1.27 bits per heavy atom. The van der Waals surface area contributed by atoms with Crippen LogP contribution in [0.1, 0.15) is 25.8 Å². The normalized spacial score (nSPS) is 12.6. The second-order valence-corrected chi connectivity index (χ2v) is 8.37. The summed E-state index contributed by atoms with van der Waals surface area (Å²) in [6.45, 7) is 7.08. The van der Waals surface area contributed by atoms with Crippen LogP contribution in [-0.4, -0.2) is 39.4 Å². The second kappa shape index (κ2) is 8.81. The number of benzene rings is 1. The fraction of sp³-hybridized carbons (Fsp3) is 0.381. The molecule has 0 saturated heterocycles. The number of terminal acetylenes is 1. The lowest BCUT2D eigenvalue weighted by molar-refractivity contribution is 0.174. The molecular weight excluding hydrogens is 400 g/mol. The third-order valence-corrected chi connectivity index (χ3v) is 5.82. The highest BCUT2D eigenvalue weighted by Gasteiger charge is 2.21. The van der Waals surface area contributed by atoms with Crippen molar-refractivity contribution in [2.45, 2.75) is 36.9 Å². The number of nitrogens with zero attached hydrogens (tertiary/aromatic N) is 4. The van der Waals surface area contributed by atoms with Crippen LogP contribution in [0, 0.1) is 18.3 Å². The van der Waals surface area contributed by atoms with E-state index in [0.29, 0.717) is 40.9 Å². The number of nitrogens with two attached hydrogens (primary N) is 1. The molecule has 0 bridgehead atoms. The molecule has 3 aromatic rings. The van der Waals surface area contributed by atoms with Gasteiger partial charge in [0.1, 0.15) is 6.33 Å². The van der Waals surface area contributed by atoms with Crippen LogP contribution < -0.4 is 20.5 Å². The van der Waals surface area contributed by atoms with Crippen molar-refractivity contribution >= 4 is 28.7 Å². The maximum absolute atomic E-state index is 6.05. The van der Waals surface area contributed by atoms with E-state index < -0.39 is 0 Å². The summed E-state index contributed by atoms with van der Waals surface area (Å²) in [6.07, 6.45) is 8.33. The van der Waals surface area contributed by atoms with Crippen molar-refractivity contribution in [3.63, 3.8) is 0 Å². The highest BCUT2D eigenvalue weighted by atomic mass is 32.2. The van der Waals surface area contributed by atoms with E-state index in [0.717, 1.165) is 35.1 Å². The van der Waals surface area contributed by atoms with E-state index in [2.05, 4.69) is 35.1 Å². The first-order chi connectivity index (χ1) is 14.6. The Morgan fingerprint density at radius 3 is 2.83 bits per heavy atom. The van der Waals surface area contributed by atoms with Gasteiger partial charge in [-0.3, -0.25) is 0 Å². The first-order valence-corrected chi connectivity index (χ1v) is 10.6. The van der Waals surface area contributed by atoms with Crippen LogP contribution in [0.2, 0.25) is 0 Å². The first-order valence-electron chi connectivity index (χ1n) is 9.82. The molecule has 4 rings (SSSR count). The number of nitrogen functional groups attached to an aromatic ring is 1. The number of fused-ring (bicyclic) bond motifs is 2. The van der Waals surface area contributed by atoms with Crippen LogP contribution in [0.3, 0.4) is 0 Å². The smallest absolute Gasteiger partial charge is 0.231 e. The molecule has 0 aliphatic carbocycles. The minimum Gasteiger partial charge on any atom is -0.454 e. The zero-order chi connectivity index (χ0) is 21.1. The summed E-state index contributed by atoms with van der Waals surface area (Å²) in [7, 11) is 0. The van der Waals surface area contributed by atoms with E-state index in [1.54, 1.807) is 0 Å². The van der Waals surface area contributed by atoms with Crippen LogP contribution in [-0.2, 0) is 6.54 Å². The molecule has 0 saturated carbocycles. The van der Waals surface area contributed by atoms with E-state index in [1.807, 2.05) is 16.7 Å². The minimum atomic E-state index is 0.195. The first kappa shape index (κ1) is 20.3. The Balaban J connectivity index is 1.64. The zero-order valence-corrected chi connectivity index (χ0v) is 17.8. The molecule has 8 nitrogen and oxygen atoms in total. The molecule has 0 atom stereocenters. The summed E-state index contributed by atoms with van der Waals surface area (Å²) in [4.78, 5) is 14.1. The Kier molecular flexibility index (Phi) is 5.97. The second-order valence-electron chi connectivity index (χ2n) is 7.36. The number of nitrogens with one attached hydrogen (secondary N) is 1. The Labute approximate surface area is 179 Å². The number of imidazole rings is 1. The van der Waals surface area contributed by atoms with Crippen molar-refractivity contribution in [2.24, 2.45) is 5.92 Å². The number of ether oxygens (including phenoxy) is 2. The maximum Gasteiger partial charge on any atom is 0.231 e. The molecule has 0 spiro atoms. The summed E-state index contributed by atoms with van der Waals surface area (Å²) in [5.74, 6) is 5.08. The van der Waals surface area contributed by atoms with E-state index in [9.17, 15) is 0 Å². The fourth-order valence-corrected chi connectivity index (χ4v) is 4.15. The van der Waals surface area contributed by atoms with Gasteiger partial charge < -0.3 is 25.1 Å². The average molecular weight is 425 g/mol. The van der Waals surface area contributed by atoms with Crippen molar-refractivity contribution in [2.75, 3.05) is 25.6 Å². The van der Waals surface area contributed by atoms with E-state index in [4.69, 9.17) is 26.6 Å². The third kappa shape index (κ3) is 4.15. The largest absolute Gasteiger partial charge is 0.454 e. The van der Waals surface area contributed by atoms with Crippen LogP contribution >= 0.6 is 11.8 Å². The fourth-order valence-electron chi connectivity index (χ4n) is 3.14. The van der Waals surface area contributed by atoms with E-state index in [-0.39, 0.29) is 6.79 Å². The quantitative estimate of drug-likeness (QED) is 0.421. The molecule has 0 radical (unpaired) electrons. The van der Waals surface area contributed by atoms with Gasteiger partial charge in [0, 0.05) is 29.6 Å². The van der Waals surface area contributed by atoms with Crippen molar-refractivity contribution < 1.29 is 9.47 Å². The van der Waals surface area contributed by atoms with Gasteiger partial charge in [-0.15, -0.1) is 6.42 Å². The molecule has 1 aliphatic rings. The Bertz CT molecular complexity index is 1110. The SMILES string of the molecule is C#Cc1cc2c(cc1Sc1nc3c(N)ncnc3n1CCNCCC(C)C)OCO2. The molecule has 3 heterocycles. The van der Waals surface area contributed by atoms with E-state index in [1.165, 1.54) is 18.1 Å². The molecular formula is C21H24N6O2S. The Morgan fingerprint density at radius 2 is 2.07 bits per heavy atom. The molecule has 0 fully saturated rings. The molecule has 0 unspecified atom stereocenters. The van der Waals surface area contributed by atoms with Crippen LogP contribution in [0.25, 0.3) is 11.2 Å². The number of rotatable bonds is 8. The summed E-state index contributed by atoms with van der Waals surface area (Å²) < 4.78 is 13.0. The van der Waals surface area contributed by atoms with Gasteiger partial charge in [0.05, 0.1) is 0 Å². The van der Waals surface area contributed by atoms with E-state index >= 15 is 0 Å². The molecule has 0 amide bonds. The highest BCUT2D eigenvalue weighted by Crippen LogP contribution is 2.40. The maximum atomic E-state index is 6.05. The minimum absolute atomic E-state index is 0.195. The van der Waals surface area contributed by atoms with Gasteiger partial charge in [0.25, 0.3) is 0 Å². The Hall–Kier alpha value is -2.96. The lowest BCUT2D eigenvalue weighted by atomic mass is 10.1. The third-order valence-electron chi connectivity index (χ3n) is 4.77. The number of hydrogen-bond acceptors (Lipinski definition) is 8. The summed E-state index contributed by atoms with van der Waals surface area (Å²) >= 11 is 1.46. The predicted molar refractivity (Wildman–Crippen MR) is 117 cm³/mol. The highest BCUT2D eigenvalue weighted by molar-refractivity contribution is 7.99. The topological polar surface area (TPSA) is 100 Å². The van der Waals surface area contributed by atoms with Crippen LogP contribution in [0.15, 0.2) is 28.5 Å². The van der Waals surface area contributed by atoms with Crippen molar-refractivity contribution in [1.82, 2.24) is 24.8 Å². The van der Waals surface area contributed by atoms with Gasteiger partial charge >= 0.3 is 0 Å². The van der Waals surface area contributed by atoms with Gasteiger partial charge in [-0.1, -0.05) is 31.5 Å². The van der Waals surface area contributed by atoms with Gasteiger partial charge in [-0.25, -0.2) is 15.0 Å². The molecule has 156 valence electrons. The number of aromatic nitrogens is 4. The van der Waals surface area contributed by atoms with Crippen LogP contribution in [0.4, 0.5) is 5.82 Å². The van der Waals surface area contributed by atoms with Gasteiger partial charge in [-0.2, -0.15) is 0 Å². The molecule has 1 aliphatic heterocycles. The summed E-state index contributed by atoms with van der Waals surface area (Å²) in [5, 5.41) is 4.23. The van der Waals surface area contributed by atoms with Crippen molar-refractivity contribution in [1.29, 1.82) is 0 Å². The molecule has 2 aromatic heterocycles. The lowest BCUT2D eigenvalue weighted by Gasteiger charge is -2.11. The molecule has 3 N–H and O–H groups in total. The zero-order valence-electron chi connectivity index (χ0n) is 17.0. The summed E-state index contributed by atoms with van der Waals surface area (Å²) in [6, 6.07) is 3.71. The standard InChI is InChI=1S/C21H24N6O2S/c1-4-14-9-15-16(29-12-28-15)10-17(14)30-21-26-18-19(22)24-11-25-20(18)27(21)8-7-23-6-5-13(2)3/h1,9-11,13,23H,5-8,12H2,2-3H3,(H2,22,24,25). The van der Waals surface area contributed by atoms with Crippen molar-refractivity contribution in [3.05, 3.63) is 24.0 Å².